The number of carbonyl (C=O) groups excluding carboxylic acids is 1. The Balaban J connectivity index is 2.19. The van der Waals surface area contributed by atoms with Crippen molar-refractivity contribution in [2.75, 3.05) is 6.61 Å². The molecule has 2 atom stereocenters. The first-order chi connectivity index (χ1) is 14.0. The van der Waals surface area contributed by atoms with E-state index >= 15 is 0 Å². The molecule has 0 aliphatic heterocycles. The minimum absolute atomic E-state index is 0.128. The highest BCUT2D eigenvalue weighted by Crippen LogP contribution is 2.42. The Kier molecular flexibility index (Phi) is 5.99. The van der Waals surface area contributed by atoms with Crippen LogP contribution in [-0.2, 0) is 0 Å². The first kappa shape index (κ1) is 22.0. The van der Waals surface area contributed by atoms with E-state index in [-0.39, 0.29) is 23.8 Å². The maximum Gasteiger partial charge on any atom is 0.272 e. The van der Waals surface area contributed by atoms with E-state index in [0.29, 0.717) is 16.2 Å². The molecule has 2 N–H and O–H groups in total. The van der Waals surface area contributed by atoms with Crippen molar-refractivity contribution in [1.82, 2.24) is 20.1 Å². The maximum atomic E-state index is 13.3. The van der Waals surface area contributed by atoms with Gasteiger partial charge in [0.2, 0.25) is 12.0 Å². The van der Waals surface area contributed by atoms with Crippen LogP contribution in [0.2, 0.25) is 0 Å². The van der Waals surface area contributed by atoms with Crippen LogP contribution < -0.4 is 10.0 Å². The summed E-state index contributed by atoms with van der Waals surface area (Å²) >= 11 is 0. The van der Waals surface area contributed by atoms with Gasteiger partial charge in [-0.05, 0) is 43.6 Å². The van der Waals surface area contributed by atoms with Crippen molar-refractivity contribution < 1.29 is 14.6 Å². The lowest BCUT2D eigenvalue weighted by Gasteiger charge is -2.30. The van der Waals surface area contributed by atoms with Crippen LogP contribution in [0.3, 0.4) is 0 Å². The number of aliphatic hydroxyl groups excluding tert-OH is 1. The molecule has 1 aliphatic rings. The average molecular weight is 414 g/mol. The molecule has 1 aliphatic carbocycles. The lowest BCUT2D eigenvalue weighted by molar-refractivity contribution is -0.605. The molecule has 2 aromatic rings. The summed E-state index contributed by atoms with van der Waals surface area (Å²) in [7, 11) is 0. The van der Waals surface area contributed by atoms with Gasteiger partial charge in [-0.3, -0.25) is 4.79 Å². The number of rotatable bonds is 4. The molecule has 1 amide bonds. The summed E-state index contributed by atoms with van der Waals surface area (Å²) in [6.45, 7) is 11.9. The van der Waals surface area contributed by atoms with Gasteiger partial charge in [0.05, 0.1) is 24.5 Å². The number of amides is 1. The molecular weight excluding hydrogens is 382 g/mol. The predicted octanol–water partition coefficient (Wildman–Crippen LogP) is 2.73. The van der Waals surface area contributed by atoms with Gasteiger partial charge in [-0.25, -0.2) is 9.67 Å². The first-order valence-electron chi connectivity index (χ1n) is 10.3. The predicted molar refractivity (Wildman–Crippen MR) is 114 cm³/mol. The van der Waals surface area contributed by atoms with E-state index in [2.05, 4.69) is 22.3 Å². The average Bonchev–Trinajstić information content (AvgIpc) is 3.06. The van der Waals surface area contributed by atoms with Gasteiger partial charge in [-0.15, -0.1) is 0 Å². The van der Waals surface area contributed by atoms with E-state index < -0.39 is 6.04 Å². The summed E-state index contributed by atoms with van der Waals surface area (Å²) in [5, 5.41) is 29.2. The monoisotopic (exact) mass is 413 g/mol. The Morgan fingerprint density at radius 3 is 2.70 bits per heavy atom. The minimum atomic E-state index is -0.411. The van der Waals surface area contributed by atoms with Crippen molar-refractivity contribution in [1.29, 1.82) is 0 Å². The number of carbonyl (C=O) groups is 1. The third-order valence-corrected chi connectivity index (χ3v) is 5.76. The van der Waals surface area contributed by atoms with Gasteiger partial charge in [0.15, 0.2) is 11.9 Å². The Labute approximate surface area is 177 Å². The molecule has 8 nitrogen and oxygen atoms in total. The molecule has 0 aromatic carbocycles. The SMILES string of the molecule is CC(C)=C1CCC(C)c2c(C(=O)NC(CO)C(C)(C)C)nn(-c3c[n+]([O-])ccn3)c21. The van der Waals surface area contributed by atoms with Gasteiger partial charge >= 0.3 is 0 Å². The van der Waals surface area contributed by atoms with Crippen molar-refractivity contribution in [2.45, 2.75) is 66.3 Å². The van der Waals surface area contributed by atoms with Crippen LogP contribution in [0, 0.1) is 10.6 Å². The second-order valence-electron chi connectivity index (χ2n) is 9.29. The summed E-state index contributed by atoms with van der Waals surface area (Å²) in [5.41, 5.74) is 3.98. The molecule has 3 rings (SSSR count). The normalized spacial score (nSPS) is 17.4. The van der Waals surface area contributed by atoms with Crippen molar-refractivity contribution in [3.8, 4) is 5.82 Å². The second kappa shape index (κ2) is 8.18. The summed E-state index contributed by atoms with van der Waals surface area (Å²) < 4.78 is 2.29. The Morgan fingerprint density at radius 2 is 2.13 bits per heavy atom. The van der Waals surface area contributed by atoms with Gasteiger partial charge in [0.25, 0.3) is 5.91 Å². The van der Waals surface area contributed by atoms with Gasteiger partial charge in [0.1, 0.15) is 0 Å². The summed E-state index contributed by atoms with van der Waals surface area (Å²) in [6.07, 6.45) is 5.86. The molecule has 30 heavy (non-hydrogen) atoms. The molecule has 162 valence electrons. The molecule has 0 spiro atoms. The summed E-state index contributed by atoms with van der Waals surface area (Å²) in [5.74, 6) is 0.167. The highest BCUT2D eigenvalue weighted by molar-refractivity contribution is 5.96. The molecule has 2 aromatic heterocycles. The van der Waals surface area contributed by atoms with E-state index in [1.54, 1.807) is 4.68 Å². The zero-order valence-corrected chi connectivity index (χ0v) is 18.6. The molecule has 0 fully saturated rings. The standard InChI is InChI=1S/C22H31N5O3/c1-13(2)15-8-7-14(3)18-19(21(29)24-16(12-28)22(4,5)6)25-27(20(15)18)17-11-26(30)10-9-23-17/h9-11,14,16,28H,7-8,12H2,1-6H3,(H,24,29). The Morgan fingerprint density at radius 1 is 1.43 bits per heavy atom. The Hall–Kier alpha value is -2.74. The third-order valence-electron chi connectivity index (χ3n) is 5.76. The second-order valence-corrected chi connectivity index (χ2v) is 9.29. The number of aliphatic hydroxyl groups is 1. The zero-order chi connectivity index (χ0) is 22.2. The highest BCUT2D eigenvalue weighted by Gasteiger charge is 2.35. The van der Waals surface area contributed by atoms with Crippen LogP contribution in [0.1, 0.15) is 82.0 Å². The fourth-order valence-corrected chi connectivity index (χ4v) is 3.87. The maximum absolute atomic E-state index is 13.3. The molecule has 0 saturated carbocycles. The van der Waals surface area contributed by atoms with Gasteiger partial charge in [-0.1, -0.05) is 33.3 Å². The van der Waals surface area contributed by atoms with Crippen molar-refractivity contribution >= 4 is 11.5 Å². The number of aromatic nitrogens is 4. The topological polar surface area (TPSA) is 107 Å². The summed E-state index contributed by atoms with van der Waals surface area (Å²) in [6, 6.07) is -0.411. The van der Waals surface area contributed by atoms with Gasteiger partial charge in [-0.2, -0.15) is 9.83 Å². The van der Waals surface area contributed by atoms with E-state index in [4.69, 9.17) is 0 Å². The van der Waals surface area contributed by atoms with Crippen LogP contribution in [0.25, 0.3) is 11.4 Å². The van der Waals surface area contributed by atoms with Crippen molar-refractivity contribution in [3.63, 3.8) is 0 Å². The van der Waals surface area contributed by atoms with Crippen LogP contribution in [0.5, 0.6) is 0 Å². The smallest absolute Gasteiger partial charge is 0.272 e. The fraction of sp³-hybridized carbons (Fsp3) is 0.545. The summed E-state index contributed by atoms with van der Waals surface area (Å²) in [4.78, 5) is 17.6. The van der Waals surface area contributed by atoms with Crippen LogP contribution in [-0.4, -0.2) is 38.4 Å². The largest absolute Gasteiger partial charge is 0.619 e. The van der Waals surface area contributed by atoms with Crippen LogP contribution in [0.4, 0.5) is 0 Å². The molecule has 0 saturated heterocycles. The molecule has 2 unspecified atom stereocenters. The van der Waals surface area contributed by atoms with Crippen LogP contribution in [0.15, 0.2) is 24.2 Å². The number of hydrogen-bond acceptors (Lipinski definition) is 5. The van der Waals surface area contributed by atoms with Crippen LogP contribution >= 0.6 is 0 Å². The lowest BCUT2D eigenvalue weighted by atomic mass is 9.81. The number of nitrogens with zero attached hydrogens (tertiary/aromatic N) is 4. The van der Waals surface area contributed by atoms with Gasteiger partial charge < -0.3 is 15.6 Å². The fourth-order valence-electron chi connectivity index (χ4n) is 3.87. The molecular formula is C22H31N5O3. The highest BCUT2D eigenvalue weighted by atomic mass is 16.5. The van der Waals surface area contributed by atoms with E-state index in [9.17, 15) is 15.1 Å². The quantitative estimate of drug-likeness (QED) is 0.592. The number of allylic oxidation sites excluding steroid dienone is 2. The third kappa shape index (κ3) is 4.09. The number of nitrogens with one attached hydrogen (secondary N) is 1. The van der Waals surface area contributed by atoms with E-state index in [0.717, 1.165) is 35.2 Å². The van der Waals surface area contributed by atoms with E-state index in [1.807, 2.05) is 34.6 Å². The van der Waals surface area contributed by atoms with E-state index in [1.165, 1.54) is 18.6 Å². The minimum Gasteiger partial charge on any atom is -0.619 e. The molecule has 8 heteroatoms. The van der Waals surface area contributed by atoms with Crippen molar-refractivity contribution in [2.24, 2.45) is 5.41 Å². The zero-order valence-electron chi connectivity index (χ0n) is 18.6. The lowest BCUT2D eigenvalue weighted by Crippen LogP contribution is -2.46. The number of fused-ring (bicyclic) bond motifs is 1. The van der Waals surface area contributed by atoms with Gasteiger partial charge in [0, 0.05) is 5.56 Å². The Bertz CT molecular complexity index is 983. The molecule has 0 radical (unpaired) electrons. The number of hydrogen-bond donors (Lipinski definition) is 2. The first-order valence-corrected chi connectivity index (χ1v) is 10.3. The molecule has 0 bridgehead atoms. The van der Waals surface area contributed by atoms with Crippen molar-refractivity contribution in [3.05, 3.63) is 46.3 Å². The molecule has 2 heterocycles.